The highest BCUT2D eigenvalue weighted by Crippen LogP contribution is 2.34. The van der Waals surface area contributed by atoms with Crippen molar-refractivity contribution in [2.75, 3.05) is 11.1 Å². The summed E-state index contributed by atoms with van der Waals surface area (Å²) in [7, 11) is 0. The van der Waals surface area contributed by atoms with Gasteiger partial charge in [0.15, 0.2) is 0 Å². The molecule has 0 saturated carbocycles. The number of thiophene rings is 1. The van der Waals surface area contributed by atoms with Gasteiger partial charge in [-0.3, -0.25) is 0 Å². The number of nitrogens with two attached hydrogens (primary N) is 1. The van der Waals surface area contributed by atoms with Crippen LogP contribution >= 0.6 is 11.3 Å². The number of ether oxygens (including phenoxy) is 1. The third-order valence-corrected chi connectivity index (χ3v) is 4.18. The average molecular weight is 314 g/mol. The molecule has 0 spiro atoms. The van der Waals surface area contributed by atoms with Gasteiger partial charge in [0.1, 0.15) is 22.7 Å². The second-order valence-electron chi connectivity index (χ2n) is 5.37. The molecular formula is C16H18N4OS. The molecule has 0 unspecified atom stereocenters. The Kier molecular flexibility index (Phi) is 3.85. The fourth-order valence-electron chi connectivity index (χ4n) is 2.23. The predicted octanol–water partition coefficient (Wildman–Crippen LogP) is 4.11. The van der Waals surface area contributed by atoms with Crippen molar-refractivity contribution in [3.8, 4) is 5.75 Å². The van der Waals surface area contributed by atoms with Gasteiger partial charge in [0, 0.05) is 11.8 Å². The van der Waals surface area contributed by atoms with Crippen LogP contribution in [0, 0.1) is 6.92 Å². The van der Waals surface area contributed by atoms with Gasteiger partial charge in [-0.1, -0.05) is 0 Å². The molecule has 22 heavy (non-hydrogen) atoms. The first-order valence-electron chi connectivity index (χ1n) is 7.06. The molecule has 3 aromatic rings. The van der Waals surface area contributed by atoms with E-state index in [1.807, 2.05) is 32.0 Å². The van der Waals surface area contributed by atoms with Gasteiger partial charge in [-0.05, 0) is 43.8 Å². The maximum Gasteiger partial charge on any atom is 0.145 e. The minimum absolute atomic E-state index is 0.0654. The molecule has 0 saturated heterocycles. The highest BCUT2D eigenvalue weighted by molar-refractivity contribution is 7.17. The van der Waals surface area contributed by atoms with Crippen molar-refractivity contribution in [2.45, 2.75) is 26.9 Å². The molecule has 0 aliphatic carbocycles. The lowest BCUT2D eigenvalue weighted by atomic mass is 10.2. The van der Waals surface area contributed by atoms with E-state index in [-0.39, 0.29) is 6.10 Å². The maximum absolute atomic E-state index is 5.86. The van der Waals surface area contributed by atoms with Crippen LogP contribution in [-0.2, 0) is 0 Å². The molecule has 114 valence electrons. The molecule has 1 aromatic carbocycles. The molecule has 3 N–H and O–H groups in total. The number of nitrogen functional groups attached to an aromatic ring is 1. The van der Waals surface area contributed by atoms with Crippen LogP contribution in [0.2, 0.25) is 0 Å². The van der Waals surface area contributed by atoms with Gasteiger partial charge in [0.2, 0.25) is 0 Å². The summed E-state index contributed by atoms with van der Waals surface area (Å²) in [5.74, 6) is 1.50. The molecule has 0 aliphatic heterocycles. The summed E-state index contributed by atoms with van der Waals surface area (Å²) in [5, 5.41) is 6.47. The average Bonchev–Trinajstić information content (AvgIpc) is 2.84. The lowest BCUT2D eigenvalue weighted by Crippen LogP contribution is -2.08. The van der Waals surface area contributed by atoms with E-state index in [4.69, 9.17) is 10.5 Å². The molecule has 6 heteroatoms. The number of nitrogens with one attached hydrogen (secondary N) is 1. The van der Waals surface area contributed by atoms with E-state index in [1.54, 1.807) is 17.7 Å². The molecule has 0 atom stereocenters. The molecule has 0 bridgehead atoms. The predicted molar refractivity (Wildman–Crippen MR) is 92.1 cm³/mol. The summed E-state index contributed by atoms with van der Waals surface area (Å²) in [6.45, 7) is 6.03. The highest BCUT2D eigenvalue weighted by Gasteiger charge is 2.12. The van der Waals surface area contributed by atoms with Crippen molar-refractivity contribution in [2.24, 2.45) is 0 Å². The normalized spacial score (nSPS) is 11.1. The molecule has 2 heterocycles. The fraction of sp³-hybridized carbons (Fsp3) is 0.250. The van der Waals surface area contributed by atoms with Crippen molar-refractivity contribution in [1.82, 2.24) is 9.97 Å². The quantitative estimate of drug-likeness (QED) is 0.709. The number of nitrogens with zero attached hydrogens (tertiary/aromatic N) is 2. The fourth-order valence-corrected chi connectivity index (χ4v) is 3.12. The van der Waals surface area contributed by atoms with Gasteiger partial charge in [-0.15, -0.1) is 11.3 Å². The number of rotatable bonds is 4. The Morgan fingerprint density at radius 2 is 2.09 bits per heavy atom. The van der Waals surface area contributed by atoms with E-state index < -0.39 is 0 Å². The minimum Gasteiger partial charge on any atom is -0.489 e. The maximum atomic E-state index is 5.86. The molecule has 0 fully saturated rings. The zero-order valence-corrected chi connectivity index (χ0v) is 13.6. The summed E-state index contributed by atoms with van der Waals surface area (Å²) >= 11 is 1.61. The Morgan fingerprint density at radius 1 is 1.27 bits per heavy atom. The van der Waals surface area contributed by atoms with E-state index in [2.05, 4.69) is 27.6 Å². The molecular weight excluding hydrogens is 296 g/mol. The van der Waals surface area contributed by atoms with Gasteiger partial charge < -0.3 is 15.8 Å². The van der Waals surface area contributed by atoms with Crippen LogP contribution in [0.1, 0.15) is 19.4 Å². The van der Waals surface area contributed by atoms with Gasteiger partial charge in [0.25, 0.3) is 0 Å². The van der Waals surface area contributed by atoms with Crippen molar-refractivity contribution in [3.63, 3.8) is 0 Å². The molecule has 2 aromatic heterocycles. The number of anilines is 3. The van der Waals surface area contributed by atoms with Crippen LogP contribution in [-0.4, -0.2) is 16.1 Å². The van der Waals surface area contributed by atoms with Crippen molar-refractivity contribution in [1.29, 1.82) is 0 Å². The summed E-state index contributed by atoms with van der Waals surface area (Å²) in [6, 6.07) is 5.57. The zero-order valence-electron chi connectivity index (χ0n) is 12.8. The van der Waals surface area contributed by atoms with Crippen LogP contribution < -0.4 is 15.8 Å². The standard InChI is InChI=1S/C16H18N4OS/c1-9(2)21-13-6-11(17)4-5-12(13)20-15-14-10(3)7-22-16(14)19-8-18-15/h4-9H,17H2,1-3H3,(H,18,19,20). The Morgan fingerprint density at radius 3 is 2.86 bits per heavy atom. The van der Waals surface area contributed by atoms with E-state index in [0.29, 0.717) is 5.69 Å². The van der Waals surface area contributed by atoms with Gasteiger partial charge in [0.05, 0.1) is 17.2 Å². The number of aryl methyl sites for hydroxylation is 1. The topological polar surface area (TPSA) is 73.1 Å². The Balaban J connectivity index is 2.03. The summed E-state index contributed by atoms with van der Waals surface area (Å²) in [4.78, 5) is 9.65. The molecule has 0 aliphatic rings. The second kappa shape index (κ2) is 5.81. The summed E-state index contributed by atoms with van der Waals surface area (Å²) < 4.78 is 5.84. The van der Waals surface area contributed by atoms with Crippen LogP contribution in [0.15, 0.2) is 29.9 Å². The Hall–Kier alpha value is -2.34. The van der Waals surface area contributed by atoms with Gasteiger partial charge in [-0.2, -0.15) is 0 Å². The zero-order chi connectivity index (χ0) is 15.7. The first-order valence-corrected chi connectivity index (χ1v) is 7.94. The molecule has 0 radical (unpaired) electrons. The minimum atomic E-state index is 0.0654. The van der Waals surface area contributed by atoms with E-state index in [1.165, 1.54) is 0 Å². The Labute approximate surface area is 133 Å². The molecule has 3 rings (SSSR count). The largest absolute Gasteiger partial charge is 0.489 e. The number of hydrogen-bond acceptors (Lipinski definition) is 6. The lowest BCUT2D eigenvalue weighted by molar-refractivity contribution is 0.244. The van der Waals surface area contributed by atoms with Gasteiger partial charge in [-0.25, -0.2) is 9.97 Å². The SMILES string of the molecule is Cc1csc2ncnc(Nc3ccc(N)cc3OC(C)C)c12. The van der Waals surface area contributed by atoms with Crippen LogP contribution in [0.3, 0.4) is 0 Å². The second-order valence-corrected chi connectivity index (χ2v) is 6.23. The molecule has 5 nitrogen and oxygen atoms in total. The molecule has 0 amide bonds. The smallest absolute Gasteiger partial charge is 0.145 e. The van der Waals surface area contributed by atoms with Crippen molar-refractivity contribution < 1.29 is 4.74 Å². The first-order chi connectivity index (χ1) is 10.5. The number of hydrogen-bond donors (Lipinski definition) is 2. The third-order valence-electron chi connectivity index (χ3n) is 3.18. The van der Waals surface area contributed by atoms with Crippen molar-refractivity contribution in [3.05, 3.63) is 35.5 Å². The monoisotopic (exact) mass is 314 g/mol. The van der Waals surface area contributed by atoms with E-state index in [0.717, 1.165) is 33.0 Å². The number of benzene rings is 1. The van der Waals surface area contributed by atoms with E-state index >= 15 is 0 Å². The van der Waals surface area contributed by atoms with E-state index in [9.17, 15) is 0 Å². The van der Waals surface area contributed by atoms with Crippen molar-refractivity contribution >= 4 is 38.7 Å². The number of fused-ring (bicyclic) bond motifs is 1. The number of aromatic nitrogens is 2. The van der Waals surface area contributed by atoms with Gasteiger partial charge >= 0.3 is 0 Å². The van der Waals surface area contributed by atoms with Crippen LogP contribution in [0.5, 0.6) is 5.75 Å². The summed E-state index contributed by atoms with van der Waals surface area (Å²) in [6.07, 6.45) is 1.64. The highest BCUT2D eigenvalue weighted by atomic mass is 32.1. The van der Waals surface area contributed by atoms with Crippen LogP contribution in [0.25, 0.3) is 10.2 Å². The lowest BCUT2D eigenvalue weighted by Gasteiger charge is -2.16. The van der Waals surface area contributed by atoms with Crippen LogP contribution in [0.4, 0.5) is 17.2 Å². The first kappa shape index (κ1) is 14.6. The summed E-state index contributed by atoms with van der Waals surface area (Å²) in [5.41, 5.74) is 8.53. The third kappa shape index (κ3) is 2.82. The Bertz CT molecular complexity index is 813.